The molecule has 0 unspecified atom stereocenters. The Bertz CT molecular complexity index is 1190. The summed E-state index contributed by atoms with van der Waals surface area (Å²) in [7, 11) is 0. The van der Waals surface area contributed by atoms with Gasteiger partial charge in [0, 0.05) is 29.2 Å². The van der Waals surface area contributed by atoms with Crippen LogP contribution >= 0.6 is 0 Å². The van der Waals surface area contributed by atoms with Crippen LogP contribution in [0.25, 0.3) is 5.69 Å². The van der Waals surface area contributed by atoms with Crippen molar-refractivity contribution in [3.05, 3.63) is 101 Å². The Labute approximate surface area is 171 Å². The van der Waals surface area contributed by atoms with Crippen LogP contribution in [0.3, 0.4) is 0 Å². The van der Waals surface area contributed by atoms with Crippen LogP contribution < -0.4 is 10.6 Å². The van der Waals surface area contributed by atoms with Gasteiger partial charge in [0.05, 0.1) is 16.8 Å². The average molecular weight is 400 g/mol. The first-order chi connectivity index (χ1) is 14.6. The number of hydrogen-bond donors (Lipinski definition) is 2. The number of amides is 1. The molecule has 0 aliphatic carbocycles. The molecule has 0 fully saturated rings. The summed E-state index contributed by atoms with van der Waals surface area (Å²) in [6.07, 6.45) is 1.42. The van der Waals surface area contributed by atoms with Crippen LogP contribution in [-0.4, -0.2) is 25.8 Å². The average Bonchev–Trinajstić information content (AvgIpc) is 3.26. The van der Waals surface area contributed by atoms with Crippen LogP contribution in [0.4, 0.5) is 22.7 Å². The van der Waals surface area contributed by atoms with Gasteiger partial charge in [-0.15, -0.1) is 5.10 Å². The van der Waals surface area contributed by atoms with E-state index in [-0.39, 0.29) is 11.4 Å². The van der Waals surface area contributed by atoms with Crippen molar-refractivity contribution < 1.29 is 9.72 Å². The fraction of sp³-hybridized carbons (Fsp3) is 0. The quantitative estimate of drug-likeness (QED) is 0.371. The van der Waals surface area contributed by atoms with E-state index in [9.17, 15) is 14.9 Å². The number of benzene rings is 3. The minimum absolute atomic E-state index is 0.0711. The number of anilines is 3. The summed E-state index contributed by atoms with van der Waals surface area (Å²) in [5.74, 6) is -0.435. The lowest BCUT2D eigenvalue weighted by atomic mass is 10.2. The first-order valence-corrected chi connectivity index (χ1v) is 8.99. The second-order valence-corrected chi connectivity index (χ2v) is 6.35. The standard InChI is InChI=1S/C21H16N6O3/c28-21(20-14-26(25-24-20)18-7-4-8-19(13-18)27(29)30)23-17-11-9-16(10-12-17)22-15-5-2-1-3-6-15/h1-14,22H,(H,23,28). The van der Waals surface area contributed by atoms with E-state index >= 15 is 0 Å². The van der Waals surface area contributed by atoms with Crippen molar-refractivity contribution in [2.24, 2.45) is 0 Å². The Hall–Kier alpha value is -4.53. The minimum atomic E-state index is -0.496. The van der Waals surface area contributed by atoms with Crippen LogP contribution in [0.2, 0.25) is 0 Å². The summed E-state index contributed by atoms with van der Waals surface area (Å²) >= 11 is 0. The monoisotopic (exact) mass is 400 g/mol. The van der Waals surface area contributed by atoms with Gasteiger partial charge in [-0.25, -0.2) is 4.68 Å². The maximum Gasteiger partial charge on any atom is 0.277 e. The highest BCUT2D eigenvalue weighted by Gasteiger charge is 2.13. The number of para-hydroxylation sites is 1. The van der Waals surface area contributed by atoms with Gasteiger partial charge in [0.1, 0.15) is 0 Å². The highest BCUT2D eigenvalue weighted by Crippen LogP contribution is 2.19. The van der Waals surface area contributed by atoms with Crippen molar-refractivity contribution in [2.45, 2.75) is 0 Å². The third kappa shape index (κ3) is 4.30. The Morgan fingerprint density at radius 3 is 2.33 bits per heavy atom. The molecule has 0 saturated carbocycles. The molecular weight excluding hydrogens is 384 g/mol. The van der Waals surface area contributed by atoms with Gasteiger partial charge in [0.15, 0.2) is 5.69 Å². The molecule has 0 spiro atoms. The molecule has 4 rings (SSSR count). The van der Waals surface area contributed by atoms with Crippen LogP contribution in [-0.2, 0) is 0 Å². The van der Waals surface area contributed by atoms with Crippen LogP contribution in [0.5, 0.6) is 0 Å². The Kier molecular flexibility index (Phi) is 5.16. The summed E-state index contributed by atoms with van der Waals surface area (Å²) in [5.41, 5.74) is 2.91. The molecule has 4 aromatic rings. The maximum absolute atomic E-state index is 12.5. The molecule has 3 aromatic carbocycles. The van der Waals surface area contributed by atoms with Crippen molar-refractivity contribution in [3.8, 4) is 5.69 Å². The van der Waals surface area contributed by atoms with Gasteiger partial charge in [0.25, 0.3) is 11.6 Å². The molecule has 0 bridgehead atoms. The summed E-state index contributed by atoms with van der Waals surface area (Å²) in [5, 5.41) is 24.7. The third-order valence-electron chi connectivity index (χ3n) is 4.24. The lowest BCUT2D eigenvalue weighted by molar-refractivity contribution is -0.384. The summed E-state index contributed by atoms with van der Waals surface area (Å²) in [4.78, 5) is 22.9. The summed E-state index contributed by atoms with van der Waals surface area (Å²) < 4.78 is 1.31. The predicted molar refractivity (Wildman–Crippen MR) is 112 cm³/mol. The summed E-state index contributed by atoms with van der Waals surface area (Å²) in [6.45, 7) is 0. The lowest BCUT2D eigenvalue weighted by Crippen LogP contribution is -2.12. The molecule has 9 heteroatoms. The number of nitro groups is 1. The van der Waals surface area contributed by atoms with Crippen molar-refractivity contribution in [2.75, 3.05) is 10.6 Å². The molecule has 9 nitrogen and oxygen atoms in total. The van der Waals surface area contributed by atoms with Gasteiger partial charge in [-0.3, -0.25) is 14.9 Å². The molecule has 148 valence electrons. The zero-order chi connectivity index (χ0) is 20.9. The molecule has 2 N–H and O–H groups in total. The number of nitrogens with one attached hydrogen (secondary N) is 2. The molecule has 0 atom stereocenters. The predicted octanol–water partition coefficient (Wildman–Crippen LogP) is 4.17. The van der Waals surface area contributed by atoms with Crippen molar-refractivity contribution in [1.29, 1.82) is 0 Å². The largest absolute Gasteiger partial charge is 0.356 e. The van der Waals surface area contributed by atoms with E-state index in [1.54, 1.807) is 24.3 Å². The highest BCUT2D eigenvalue weighted by molar-refractivity contribution is 6.02. The van der Waals surface area contributed by atoms with Gasteiger partial charge >= 0.3 is 0 Å². The third-order valence-corrected chi connectivity index (χ3v) is 4.24. The molecule has 30 heavy (non-hydrogen) atoms. The first-order valence-electron chi connectivity index (χ1n) is 8.99. The van der Waals surface area contributed by atoms with Crippen LogP contribution in [0, 0.1) is 10.1 Å². The molecule has 0 saturated heterocycles. The molecular formula is C21H16N6O3. The van der Waals surface area contributed by atoms with Gasteiger partial charge < -0.3 is 10.6 Å². The first kappa shape index (κ1) is 18.8. The Morgan fingerprint density at radius 1 is 0.900 bits per heavy atom. The highest BCUT2D eigenvalue weighted by atomic mass is 16.6. The normalized spacial score (nSPS) is 10.4. The van der Waals surface area contributed by atoms with Gasteiger partial charge in [-0.05, 0) is 42.5 Å². The fourth-order valence-corrected chi connectivity index (χ4v) is 2.76. The molecule has 0 radical (unpaired) electrons. The Morgan fingerprint density at radius 2 is 1.60 bits per heavy atom. The number of nitro benzene ring substituents is 1. The van der Waals surface area contributed by atoms with Crippen molar-refractivity contribution >= 4 is 28.7 Å². The number of aromatic nitrogens is 3. The van der Waals surface area contributed by atoms with Crippen LogP contribution in [0.1, 0.15) is 10.5 Å². The SMILES string of the molecule is O=C(Nc1ccc(Nc2ccccc2)cc1)c1cn(-c2cccc([N+](=O)[O-])c2)nn1. The van der Waals surface area contributed by atoms with Gasteiger partial charge in [-0.1, -0.05) is 29.5 Å². The van der Waals surface area contributed by atoms with E-state index in [0.29, 0.717) is 11.4 Å². The molecule has 1 amide bonds. The number of carbonyl (C=O) groups is 1. The molecule has 0 aliphatic heterocycles. The second-order valence-electron chi connectivity index (χ2n) is 6.35. The molecule has 0 aliphatic rings. The van der Waals surface area contributed by atoms with Crippen molar-refractivity contribution in [1.82, 2.24) is 15.0 Å². The Balaban J connectivity index is 1.43. The number of hydrogen-bond acceptors (Lipinski definition) is 6. The lowest BCUT2D eigenvalue weighted by Gasteiger charge is -2.08. The van der Waals surface area contributed by atoms with E-state index < -0.39 is 10.8 Å². The van der Waals surface area contributed by atoms with E-state index in [1.807, 2.05) is 42.5 Å². The topological polar surface area (TPSA) is 115 Å². The van der Waals surface area contributed by atoms with E-state index in [1.165, 1.54) is 23.0 Å². The fourth-order valence-electron chi connectivity index (χ4n) is 2.76. The molecule has 1 heterocycles. The second kappa shape index (κ2) is 8.23. The minimum Gasteiger partial charge on any atom is -0.356 e. The summed E-state index contributed by atoms with van der Waals surface area (Å²) in [6, 6.07) is 22.9. The smallest absolute Gasteiger partial charge is 0.277 e. The number of rotatable bonds is 6. The zero-order valence-electron chi connectivity index (χ0n) is 15.6. The maximum atomic E-state index is 12.5. The van der Waals surface area contributed by atoms with E-state index in [2.05, 4.69) is 20.9 Å². The number of nitrogens with zero attached hydrogens (tertiary/aromatic N) is 4. The van der Waals surface area contributed by atoms with Crippen molar-refractivity contribution in [3.63, 3.8) is 0 Å². The number of carbonyl (C=O) groups excluding carboxylic acids is 1. The van der Waals surface area contributed by atoms with Crippen LogP contribution in [0.15, 0.2) is 85.1 Å². The zero-order valence-corrected chi connectivity index (χ0v) is 15.6. The van der Waals surface area contributed by atoms with E-state index in [0.717, 1.165) is 11.4 Å². The van der Waals surface area contributed by atoms with Gasteiger partial charge in [-0.2, -0.15) is 0 Å². The number of non-ortho nitro benzene ring substituents is 1. The molecule has 1 aromatic heterocycles. The van der Waals surface area contributed by atoms with Gasteiger partial charge in [0.2, 0.25) is 0 Å². The van der Waals surface area contributed by atoms with E-state index in [4.69, 9.17) is 0 Å².